The number of carbonyl (C=O) groups is 3. The van der Waals surface area contributed by atoms with E-state index in [0.29, 0.717) is 11.3 Å². The third kappa shape index (κ3) is 2.45. The summed E-state index contributed by atoms with van der Waals surface area (Å²) in [5.74, 6) is -1.89. The third-order valence-corrected chi connectivity index (χ3v) is 3.77. The van der Waals surface area contributed by atoms with Crippen LogP contribution in [0.2, 0.25) is 0 Å². The van der Waals surface area contributed by atoms with E-state index in [4.69, 9.17) is 4.74 Å². The number of amides is 1. The number of Topliss-reactive ketones (excluding diaryl/α,β-unsaturated/α-hetero) is 2. The van der Waals surface area contributed by atoms with Crippen molar-refractivity contribution in [3.05, 3.63) is 65.2 Å². The lowest BCUT2D eigenvalue weighted by molar-refractivity contribution is 0.0138. The third-order valence-electron chi connectivity index (χ3n) is 3.77. The molecule has 0 heterocycles. The summed E-state index contributed by atoms with van der Waals surface area (Å²) in [6.07, 6.45) is 0. The number of hydrogen-bond acceptors (Lipinski definition) is 6. The monoisotopic (exact) mass is 326 g/mol. The first-order valence-electron chi connectivity index (χ1n) is 7.10. The summed E-state index contributed by atoms with van der Waals surface area (Å²) in [7, 11) is 1.42. The Morgan fingerprint density at radius 1 is 1.04 bits per heavy atom. The molecule has 122 valence electrons. The molecule has 7 heteroatoms. The number of aliphatic hydroxyl groups is 1. The fourth-order valence-electron chi connectivity index (χ4n) is 2.45. The van der Waals surface area contributed by atoms with Crippen molar-refractivity contribution in [2.75, 3.05) is 7.11 Å². The molecular formula is C17H14N2O5. The number of ketones is 2. The van der Waals surface area contributed by atoms with Crippen LogP contribution < -0.4 is 15.6 Å². The summed E-state index contributed by atoms with van der Waals surface area (Å²) in [5.41, 5.74) is 2.21. The highest BCUT2D eigenvalue weighted by Gasteiger charge is 2.52. The first-order chi connectivity index (χ1) is 11.5. The molecule has 1 aliphatic rings. The van der Waals surface area contributed by atoms with Crippen LogP contribution in [-0.4, -0.2) is 35.4 Å². The van der Waals surface area contributed by atoms with Crippen LogP contribution in [0.5, 0.6) is 5.75 Å². The number of rotatable bonds is 4. The van der Waals surface area contributed by atoms with E-state index in [2.05, 4.69) is 10.9 Å². The number of ether oxygens (including phenoxy) is 1. The molecule has 0 radical (unpaired) electrons. The van der Waals surface area contributed by atoms with Gasteiger partial charge in [-0.1, -0.05) is 18.2 Å². The zero-order valence-electron chi connectivity index (χ0n) is 12.7. The first-order valence-corrected chi connectivity index (χ1v) is 7.10. The van der Waals surface area contributed by atoms with Crippen LogP contribution in [-0.2, 0) is 0 Å². The molecule has 3 N–H and O–H groups in total. The minimum absolute atomic E-state index is 0.0308. The van der Waals surface area contributed by atoms with Crippen LogP contribution in [0.3, 0.4) is 0 Å². The quantitative estimate of drug-likeness (QED) is 0.434. The maximum Gasteiger partial charge on any atom is 0.265 e. The predicted molar refractivity (Wildman–Crippen MR) is 83.6 cm³/mol. The molecule has 0 aromatic heterocycles. The highest BCUT2D eigenvalue weighted by Crippen LogP contribution is 2.30. The lowest BCUT2D eigenvalue weighted by Crippen LogP contribution is -2.61. The molecule has 0 saturated heterocycles. The van der Waals surface area contributed by atoms with E-state index in [1.165, 1.54) is 25.3 Å². The number of benzene rings is 2. The molecule has 7 nitrogen and oxygen atoms in total. The van der Waals surface area contributed by atoms with Crippen molar-refractivity contribution in [1.29, 1.82) is 0 Å². The van der Waals surface area contributed by atoms with Crippen molar-refractivity contribution < 1.29 is 24.2 Å². The molecule has 2 aromatic rings. The topological polar surface area (TPSA) is 105 Å². The van der Waals surface area contributed by atoms with Gasteiger partial charge in [-0.25, -0.2) is 0 Å². The fourth-order valence-corrected chi connectivity index (χ4v) is 2.45. The lowest BCUT2D eigenvalue weighted by Gasteiger charge is -2.21. The Kier molecular flexibility index (Phi) is 3.88. The lowest BCUT2D eigenvalue weighted by atomic mass is 10.1. The van der Waals surface area contributed by atoms with E-state index < -0.39 is 23.2 Å². The van der Waals surface area contributed by atoms with Gasteiger partial charge in [0.15, 0.2) is 0 Å². The Bertz CT molecular complexity index is 834. The molecule has 1 amide bonds. The molecule has 0 fully saturated rings. The van der Waals surface area contributed by atoms with Gasteiger partial charge in [0, 0.05) is 16.7 Å². The van der Waals surface area contributed by atoms with E-state index >= 15 is 0 Å². The van der Waals surface area contributed by atoms with Crippen LogP contribution in [0.4, 0.5) is 0 Å². The molecule has 0 bridgehead atoms. The van der Waals surface area contributed by atoms with Gasteiger partial charge >= 0.3 is 0 Å². The van der Waals surface area contributed by atoms with E-state index in [1.807, 2.05) is 0 Å². The van der Waals surface area contributed by atoms with Crippen LogP contribution in [0.25, 0.3) is 0 Å². The summed E-state index contributed by atoms with van der Waals surface area (Å²) < 4.78 is 5.01. The highest BCUT2D eigenvalue weighted by atomic mass is 16.5. The van der Waals surface area contributed by atoms with Gasteiger partial charge in [-0.3, -0.25) is 19.8 Å². The smallest absolute Gasteiger partial charge is 0.265 e. The number of nitrogens with one attached hydrogen (secondary N) is 2. The summed E-state index contributed by atoms with van der Waals surface area (Å²) in [6.45, 7) is 0. The average molecular weight is 326 g/mol. The standard InChI is InChI=1S/C17H14N2O5/c1-24-11-7-8-12-13(9-11)15(21)17(23,14(12)20)19-18-16(22)10-5-3-2-4-6-10/h2-9,19,23H,1H3,(H,18,22). The molecule has 2 aromatic carbocycles. The second-order valence-electron chi connectivity index (χ2n) is 5.23. The predicted octanol–water partition coefficient (Wildman–Crippen LogP) is 0.697. The Labute approximate surface area is 137 Å². The number of carbonyl (C=O) groups excluding carboxylic acids is 3. The summed E-state index contributed by atoms with van der Waals surface area (Å²) >= 11 is 0. The van der Waals surface area contributed by atoms with Crippen molar-refractivity contribution in [2.45, 2.75) is 5.72 Å². The first kappa shape index (κ1) is 15.9. The van der Waals surface area contributed by atoms with Gasteiger partial charge in [-0.05, 0) is 30.3 Å². The Hall–Kier alpha value is -3.03. The zero-order chi connectivity index (χ0) is 17.3. The molecule has 1 atom stereocenters. The normalized spacial score (nSPS) is 19.1. The maximum atomic E-state index is 12.4. The Morgan fingerprint density at radius 3 is 2.38 bits per heavy atom. The SMILES string of the molecule is COc1ccc2c(c1)C(=O)C(O)(NNC(=O)c1ccccc1)C2=O. The largest absolute Gasteiger partial charge is 0.497 e. The molecule has 1 unspecified atom stereocenters. The van der Waals surface area contributed by atoms with E-state index in [0.717, 1.165) is 0 Å². The van der Waals surface area contributed by atoms with Gasteiger partial charge in [-0.15, -0.1) is 0 Å². The van der Waals surface area contributed by atoms with Gasteiger partial charge in [0.1, 0.15) is 5.75 Å². The summed E-state index contributed by atoms with van der Waals surface area (Å²) in [5, 5.41) is 10.4. The van der Waals surface area contributed by atoms with Crippen LogP contribution in [0.1, 0.15) is 31.1 Å². The minimum atomic E-state index is -2.54. The summed E-state index contributed by atoms with van der Waals surface area (Å²) in [6, 6.07) is 12.5. The maximum absolute atomic E-state index is 12.4. The van der Waals surface area contributed by atoms with Gasteiger partial charge in [-0.2, -0.15) is 5.43 Å². The Balaban J connectivity index is 1.82. The van der Waals surface area contributed by atoms with Crippen LogP contribution >= 0.6 is 0 Å². The van der Waals surface area contributed by atoms with Gasteiger partial charge in [0.05, 0.1) is 7.11 Å². The van der Waals surface area contributed by atoms with Crippen LogP contribution in [0.15, 0.2) is 48.5 Å². The van der Waals surface area contributed by atoms with Gasteiger partial charge in [0.2, 0.25) is 11.6 Å². The zero-order valence-corrected chi connectivity index (χ0v) is 12.7. The number of fused-ring (bicyclic) bond motifs is 1. The molecule has 3 rings (SSSR count). The molecule has 0 spiro atoms. The van der Waals surface area contributed by atoms with Gasteiger partial charge < -0.3 is 9.84 Å². The van der Waals surface area contributed by atoms with Crippen molar-refractivity contribution in [3.63, 3.8) is 0 Å². The van der Waals surface area contributed by atoms with Crippen LogP contribution in [0, 0.1) is 0 Å². The Morgan fingerprint density at radius 2 is 1.71 bits per heavy atom. The van der Waals surface area contributed by atoms with E-state index in [1.54, 1.807) is 30.3 Å². The highest BCUT2D eigenvalue weighted by molar-refractivity contribution is 6.31. The number of hydrogen-bond donors (Lipinski definition) is 3. The van der Waals surface area contributed by atoms with Gasteiger partial charge in [0.25, 0.3) is 11.6 Å². The number of hydrazine groups is 1. The fraction of sp³-hybridized carbons (Fsp3) is 0.118. The van der Waals surface area contributed by atoms with Crippen molar-refractivity contribution >= 4 is 17.5 Å². The second kappa shape index (κ2) is 5.88. The minimum Gasteiger partial charge on any atom is -0.497 e. The van der Waals surface area contributed by atoms with Crippen molar-refractivity contribution in [2.24, 2.45) is 0 Å². The molecule has 1 aliphatic carbocycles. The number of methoxy groups -OCH3 is 1. The van der Waals surface area contributed by atoms with E-state index in [9.17, 15) is 19.5 Å². The molecule has 0 saturated carbocycles. The molecule has 0 aliphatic heterocycles. The molecular weight excluding hydrogens is 312 g/mol. The van der Waals surface area contributed by atoms with Crippen molar-refractivity contribution in [3.8, 4) is 5.75 Å². The average Bonchev–Trinajstić information content (AvgIpc) is 2.82. The second-order valence-corrected chi connectivity index (χ2v) is 5.23. The van der Waals surface area contributed by atoms with E-state index in [-0.39, 0.29) is 11.1 Å². The molecule has 24 heavy (non-hydrogen) atoms. The van der Waals surface area contributed by atoms with Crippen molar-refractivity contribution in [1.82, 2.24) is 10.9 Å². The summed E-state index contributed by atoms with van der Waals surface area (Å²) in [4.78, 5) is 36.8.